The maximum absolute atomic E-state index is 12.2. The summed E-state index contributed by atoms with van der Waals surface area (Å²) in [6.07, 6.45) is 5.78. The van der Waals surface area contributed by atoms with E-state index in [-0.39, 0.29) is 24.4 Å². The van der Waals surface area contributed by atoms with E-state index in [9.17, 15) is 4.79 Å². The summed E-state index contributed by atoms with van der Waals surface area (Å²) >= 11 is 0. The first-order valence-electron chi connectivity index (χ1n) is 12.5. The number of nitrogens with zero attached hydrogens (tertiary/aromatic N) is 3. The van der Waals surface area contributed by atoms with E-state index in [1.807, 2.05) is 27.0 Å². The summed E-state index contributed by atoms with van der Waals surface area (Å²) in [5.41, 5.74) is 0.767. The van der Waals surface area contributed by atoms with Gasteiger partial charge < -0.3 is 29.3 Å². The van der Waals surface area contributed by atoms with Gasteiger partial charge in [0.25, 0.3) is 0 Å². The molecule has 1 aliphatic carbocycles. The van der Waals surface area contributed by atoms with Crippen LogP contribution in [0.1, 0.15) is 46.5 Å². The average molecular weight is 459 g/mol. The Morgan fingerprint density at radius 2 is 1.76 bits per heavy atom. The molecule has 4 heterocycles. The maximum atomic E-state index is 12.2. The molecule has 2 atom stereocenters. The van der Waals surface area contributed by atoms with Gasteiger partial charge in [-0.1, -0.05) is 0 Å². The fourth-order valence-electron chi connectivity index (χ4n) is 5.39. The number of anilines is 1. The van der Waals surface area contributed by atoms with Crippen molar-refractivity contribution >= 4 is 11.8 Å². The highest BCUT2D eigenvalue weighted by Crippen LogP contribution is 2.34. The van der Waals surface area contributed by atoms with Crippen LogP contribution in [0.25, 0.3) is 0 Å². The van der Waals surface area contributed by atoms with Gasteiger partial charge in [0, 0.05) is 70.1 Å². The molecule has 0 aromatic carbocycles. The molecule has 8 heteroatoms. The highest BCUT2D eigenvalue weighted by Gasteiger charge is 2.37. The zero-order valence-corrected chi connectivity index (χ0v) is 20.2. The van der Waals surface area contributed by atoms with Gasteiger partial charge in [-0.15, -0.1) is 0 Å². The number of ether oxygens (including phenoxy) is 3. The van der Waals surface area contributed by atoms with Crippen LogP contribution in [-0.4, -0.2) is 79.2 Å². The number of aromatic nitrogens is 1. The van der Waals surface area contributed by atoms with Crippen LogP contribution in [0, 0.1) is 11.8 Å². The van der Waals surface area contributed by atoms with Crippen molar-refractivity contribution < 1.29 is 19.0 Å². The third-order valence-corrected chi connectivity index (χ3v) is 7.29. The number of fused-ring (bicyclic) bond motifs is 1. The van der Waals surface area contributed by atoms with Crippen LogP contribution >= 0.6 is 0 Å². The molecular weight excluding hydrogens is 420 g/mol. The largest absolute Gasteiger partial charge is 0.474 e. The number of hydrogen-bond acceptors (Lipinski definition) is 7. The third-order valence-electron chi connectivity index (χ3n) is 7.29. The Morgan fingerprint density at radius 3 is 2.42 bits per heavy atom. The van der Waals surface area contributed by atoms with Crippen molar-refractivity contribution in [3.63, 3.8) is 0 Å². The lowest BCUT2D eigenvalue weighted by molar-refractivity contribution is -0.110. The van der Waals surface area contributed by atoms with Gasteiger partial charge in [0.1, 0.15) is 11.7 Å². The fourth-order valence-corrected chi connectivity index (χ4v) is 5.39. The molecule has 0 unspecified atom stereocenters. The fraction of sp³-hybridized carbons (Fsp3) is 0.760. The summed E-state index contributed by atoms with van der Waals surface area (Å²) in [7, 11) is 0. The first-order chi connectivity index (χ1) is 15.8. The number of amides is 1. The predicted octanol–water partition coefficient (Wildman–Crippen LogP) is 3.06. The van der Waals surface area contributed by atoms with Crippen molar-refractivity contribution in [1.82, 2.24) is 15.2 Å². The minimum absolute atomic E-state index is 0.168. The van der Waals surface area contributed by atoms with E-state index < -0.39 is 5.60 Å². The molecule has 0 spiro atoms. The number of carbonyl (C=O) groups excluding carboxylic acids is 1. The van der Waals surface area contributed by atoms with Crippen molar-refractivity contribution in [1.29, 1.82) is 0 Å². The van der Waals surface area contributed by atoms with E-state index in [1.165, 1.54) is 5.69 Å². The standard InChI is InChI=1S/C25H38N4O4/c1-25(2,3)33-24(30)28-8-5-20(6-9-28)31-21-11-22(12-21)32-23-10-19(4-7-27-23)29-15-17-13-26-14-18(17)16-29/h4,7,10,17-18,20-22,26H,5-6,8-9,11-16H2,1-3H3/t17-,18+,21?,22?. The van der Waals surface area contributed by atoms with Crippen LogP contribution in [0.2, 0.25) is 0 Å². The normalized spacial score (nSPS) is 30.2. The monoisotopic (exact) mass is 458 g/mol. The van der Waals surface area contributed by atoms with Gasteiger partial charge in [0.2, 0.25) is 5.88 Å². The summed E-state index contributed by atoms with van der Waals surface area (Å²) in [6, 6.07) is 4.19. The van der Waals surface area contributed by atoms with Crippen molar-refractivity contribution in [2.24, 2.45) is 11.8 Å². The number of likely N-dealkylation sites (tertiary alicyclic amines) is 1. The molecule has 8 nitrogen and oxygen atoms in total. The van der Waals surface area contributed by atoms with Crippen LogP contribution in [0.4, 0.5) is 10.5 Å². The Hall–Kier alpha value is -2.06. The molecule has 1 aromatic rings. The Labute approximate surface area is 196 Å². The van der Waals surface area contributed by atoms with E-state index in [0.717, 1.165) is 69.6 Å². The van der Waals surface area contributed by atoms with Crippen LogP contribution in [0.5, 0.6) is 5.88 Å². The van der Waals surface area contributed by atoms with Gasteiger partial charge in [0.05, 0.1) is 12.2 Å². The predicted molar refractivity (Wildman–Crippen MR) is 126 cm³/mol. The second kappa shape index (κ2) is 9.29. The Morgan fingerprint density at radius 1 is 1.06 bits per heavy atom. The zero-order valence-electron chi connectivity index (χ0n) is 20.2. The Kier molecular flexibility index (Phi) is 6.40. The molecule has 182 valence electrons. The lowest BCUT2D eigenvalue weighted by Crippen LogP contribution is -2.46. The lowest BCUT2D eigenvalue weighted by Gasteiger charge is -2.39. The van der Waals surface area contributed by atoms with Crippen molar-refractivity contribution in [3.8, 4) is 5.88 Å². The molecule has 1 aromatic heterocycles. The zero-order chi connectivity index (χ0) is 23.0. The molecule has 1 amide bonds. The minimum Gasteiger partial charge on any atom is -0.474 e. The van der Waals surface area contributed by atoms with Crippen LogP contribution < -0.4 is 15.0 Å². The third kappa shape index (κ3) is 5.54. The Balaban J connectivity index is 1.03. The number of hydrogen-bond donors (Lipinski definition) is 1. The molecular formula is C25H38N4O4. The molecule has 4 aliphatic rings. The van der Waals surface area contributed by atoms with Crippen molar-refractivity contribution in [3.05, 3.63) is 18.3 Å². The molecule has 3 saturated heterocycles. The number of rotatable bonds is 5. The number of piperidine rings is 1. The van der Waals surface area contributed by atoms with Crippen molar-refractivity contribution in [2.45, 2.75) is 70.4 Å². The lowest BCUT2D eigenvalue weighted by atomic mass is 9.91. The van der Waals surface area contributed by atoms with Crippen LogP contribution in [0.15, 0.2) is 18.3 Å². The van der Waals surface area contributed by atoms with E-state index in [0.29, 0.717) is 13.1 Å². The van der Waals surface area contributed by atoms with E-state index in [1.54, 1.807) is 4.90 Å². The minimum atomic E-state index is -0.454. The Bertz CT molecular complexity index is 818. The molecule has 0 radical (unpaired) electrons. The smallest absolute Gasteiger partial charge is 0.410 e. The van der Waals surface area contributed by atoms with E-state index >= 15 is 0 Å². The molecule has 1 N–H and O–H groups in total. The molecule has 0 bridgehead atoms. The number of nitrogens with one attached hydrogen (secondary N) is 1. The molecule has 4 fully saturated rings. The highest BCUT2D eigenvalue weighted by atomic mass is 16.6. The van der Waals surface area contributed by atoms with E-state index in [2.05, 4.69) is 27.3 Å². The second-order valence-electron chi connectivity index (χ2n) is 11.1. The molecule has 1 saturated carbocycles. The molecule has 33 heavy (non-hydrogen) atoms. The first kappa shape index (κ1) is 22.7. The van der Waals surface area contributed by atoms with Crippen LogP contribution in [0.3, 0.4) is 0 Å². The molecule has 5 rings (SSSR count). The number of pyridine rings is 1. The average Bonchev–Trinajstić information content (AvgIpc) is 3.34. The summed E-state index contributed by atoms with van der Waals surface area (Å²) in [5.74, 6) is 2.25. The van der Waals surface area contributed by atoms with Gasteiger partial charge >= 0.3 is 6.09 Å². The van der Waals surface area contributed by atoms with Gasteiger partial charge in [0.15, 0.2) is 0 Å². The van der Waals surface area contributed by atoms with Gasteiger partial charge in [-0.05, 0) is 51.5 Å². The van der Waals surface area contributed by atoms with Crippen molar-refractivity contribution in [2.75, 3.05) is 44.2 Å². The summed E-state index contributed by atoms with van der Waals surface area (Å²) < 4.78 is 17.9. The number of carbonyl (C=O) groups is 1. The van der Waals surface area contributed by atoms with E-state index in [4.69, 9.17) is 14.2 Å². The van der Waals surface area contributed by atoms with Gasteiger partial charge in [-0.2, -0.15) is 0 Å². The summed E-state index contributed by atoms with van der Waals surface area (Å²) in [6.45, 7) is 11.6. The topological polar surface area (TPSA) is 76.2 Å². The SMILES string of the molecule is CC(C)(C)OC(=O)N1CCC(OC2CC(Oc3cc(N4C[C@H]5CNC[C@H]5C4)ccn3)C2)CC1. The summed E-state index contributed by atoms with van der Waals surface area (Å²) in [4.78, 5) is 20.9. The highest BCUT2D eigenvalue weighted by molar-refractivity contribution is 5.68. The van der Waals surface area contributed by atoms with Gasteiger partial charge in [-0.25, -0.2) is 9.78 Å². The van der Waals surface area contributed by atoms with Gasteiger partial charge in [-0.3, -0.25) is 0 Å². The second-order valence-corrected chi connectivity index (χ2v) is 11.1. The first-order valence-corrected chi connectivity index (χ1v) is 12.5. The summed E-state index contributed by atoms with van der Waals surface area (Å²) in [5, 5.41) is 3.50. The molecule has 3 aliphatic heterocycles. The van der Waals surface area contributed by atoms with Crippen LogP contribution in [-0.2, 0) is 9.47 Å². The maximum Gasteiger partial charge on any atom is 0.410 e. The quantitative estimate of drug-likeness (QED) is 0.727.